The zero-order valence-corrected chi connectivity index (χ0v) is 19.4. The molecule has 1 aliphatic heterocycles. The second-order valence-corrected chi connectivity index (χ2v) is 8.83. The Morgan fingerprint density at radius 3 is 2.79 bits per heavy atom. The topological polar surface area (TPSA) is 103 Å². The number of nitrogens with zero attached hydrogens (tertiary/aromatic N) is 2. The van der Waals surface area contributed by atoms with Crippen molar-refractivity contribution in [3.8, 4) is 11.5 Å². The fraction of sp³-hybridized carbons (Fsp3) is 0.440. The maximum absolute atomic E-state index is 11.6. The molecule has 0 unspecified atom stereocenters. The summed E-state index contributed by atoms with van der Waals surface area (Å²) in [4.78, 5) is 18.4. The van der Waals surface area contributed by atoms with Crippen molar-refractivity contribution in [2.24, 2.45) is 11.7 Å². The highest BCUT2D eigenvalue weighted by Crippen LogP contribution is 2.30. The molecule has 0 aliphatic carbocycles. The zero-order chi connectivity index (χ0) is 23.4. The molecule has 1 radical (unpaired) electrons. The Labute approximate surface area is 194 Å². The third kappa shape index (κ3) is 5.57. The van der Waals surface area contributed by atoms with Gasteiger partial charge < -0.3 is 24.9 Å². The molecule has 1 amide bonds. The molecule has 8 heteroatoms. The molecule has 0 atom stereocenters. The quantitative estimate of drug-likeness (QED) is 0.509. The summed E-state index contributed by atoms with van der Waals surface area (Å²) < 4.78 is 17.2. The Hall–Kier alpha value is -3.26. The molecule has 0 spiro atoms. The fourth-order valence-corrected chi connectivity index (χ4v) is 4.00. The number of amides is 1. The first-order chi connectivity index (χ1) is 15.9. The molecule has 1 aliphatic rings. The van der Waals surface area contributed by atoms with Crippen LogP contribution in [0.1, 0.15) is 42.6 Å². The standard InChI is InChI=1S/C25H31N4O4/c1-16(2)15-32-22-13-17(7-8-20(22)31-3)14-29-11-9-18(10-12-29)27-25-28-23-19(24(26)30)5-4-6-21(23)33-25/h4,6-8,13,16,18H,9-12,14-15H2,1-3H3,(H2,26,30)(H,27,28). The van der Waals surface area contributed by atoms with E-state index in [0.717, 1.165) is 44.0 Å². The van der Waals surface area contributed by atoms with Crippen LogP contribution in [0.5, 0.6) is 11.5 Å². The smallest absolute Gasteiger partial charge is 0.295 e. The third-order valence-electron chi connectivity index (χ3n) is 5.72. The Morgan fingerprint density at radius 1 is 1.30 bits per heavy atom. The van der Waals surface area contributed by atoms with Crippen LogP contribution in [0.4, 0.5) is 6.01 Å². The molecule has 2 heterocycles. The minimum atomic E-state index is -0.565. The fourth-order valence-electron chi connectivity index (χ4n) is 4.00. The van der Waals surface area contributed by atoms with Crippen molar-refractivity contribution >= 4 is 23.0 Å². The first-order valence-corrected chi connectivity index (χ1v) is 11.3. The van der Waals surface area contributed by atoms with E-state index < -0.39 is 5.91 Å². The minimum absolute atomic E-state index is 0.246. The van der Waals surface area contributed by atoms with Crippen molar-refractivity contribution in [2.45, 2.75) is 39.3 Å². The molecule has 1 fully saturated rings. The first kappa shape index (κ1) is 22.9. The molecular weight excluding hydrogens is 420 g/mol. The number of ether oxygens (including phenoxy) is 2. The molecule has 175 valence electrons. The van der Waals surface area contributed by atoms with Crippen LogP contribution in [-0.2, 0) is 6.54 Å². The Balaban J connectivity index is 1.34. The molecule has 4 rings (SSSR count). The summed E-state index contributed by atoms with van der Waals surface area (Å²) >= 11 is 0. The number of fused-ring (bicyclic) bond motifs is 1. The highest BCUT2D eigenvalue weighted by atomic mass is 16.5. The van der Waals surface area contributed by atoms with Crippen LogP contribution >= 0.6 is 0 Å². The van der Waals surface area contributed by atoms with Gasteiger partial charge in [-0.05, 0) is 54.7 Å². The Morgan fingerprint density at radius 2 is 2.09 bits per heavy atom. The number of methoxy groups -OCH3 is 1. The number of carbonyl (C=O) groups excluding carboxylic acids is 1. The maximum Gasteiger partial charge on any atom is 0.295 e. The Bertz CT molecular complexity index is 1100. The van der Waals surface area contributed by atoms with Crippen LogP contribution < -0.4 is 20.5 Å². The lowest BCUT2D eigenvalue weighted by atomic mass is 10.0. The highest BCUT2D eigenvalue weighted by molar-refractivity contribution is 6.03. The van der Waals surface area contributed by atoms with Crippen LogP contribution in [0.25, 0.3) is 11.1 Å². The lowest BCUT2D eigenvalue weighted by Crippen LogP contribution is -2.38. The number of hydrogen-bond acceptors (Lipinski definition) is 7. The average Bonchev–Trinajstić information content (AvgIpc) is 3.21. The van der Waals surface area contributed by atoms with Gasteiger partial charge in [0.1, 0.15) is 5.52 Å². The van der Waals surface area contributed by atoms with Crippen molar-refractivity contribution in [2.75, 3.05) is 32.1 Å². The van der Waals surface area contributed by atoms with Gasteiger partial charge in [0.05, 0.1) is 19.3 Å². The second-order valence-electron chi connectivity index (χ2n) is 8.83. The first-order valence-electron chi connectivity index (χ1n) is 11.3. The average molecular weight is 452 g/mol. The predicted molar refractivity (Wildman–Crippen MR) is 127 cm³/mol. The van der Waals surface area contributed by atoms with Gasteiger partial charge in [0, 0.05) is 25.7 Å². The zero-order valence-electron chi connectivity index (χ0n) is 19.4. The SMILES string of the molecule is COc1ccc(CN2CCC(Nc3nc4c(C(N)=O)[c]ccc4o3)CC2)cc1OCC(C)C. The molecule has 1 saturated heterocycles. The monoisotopic (exact) mass is 451 g/mol. The number of oxazole rings is 1. The van der Waals surface area contributed by atoms with E-state index in [-0.39, 0.29) is 11.6 Å². The van der Waals surface area contributed by atoms with E-state index in [2.05, 4.69) is 47.2 Å². The molecule has 3 aromatic rings. The summed E-state index contributed by atoms with van der Waals surface area (Å²) in [6, 6.07) is 13.0. The van der Waals surface area contributed by atoms with Crippen LogP contribution in [0.15, 0.2) is 34.7 Å². The summed E-state index contributed by atoms with van der Waals surface area (Å²) in [5, 5.41) is 3.37. The van der Waals surface area contributed by atoms with Crippen molar-refractivity contribution in [3.05, 3.63) is 47.5 Å². The Kier molecular flexibility index (Phi) is 7.03. The predicted octanol–water partition coefficient (Wildman–Crippen LogP) is 3.85. The lowest BCUT2D eigenvalue weighted by Gasteiger charge is -2.32. The molecule has 0 bridgehead atoms. The minimum Gasteiger partial charge on any atom is -0.493 e. The van der Waals surface area contributed by atoms with Crippen molar-refractivity contribution < 1.29 is 18.7 Å². The summed E-state index contributed by atoms with van der Waals surface area (Å²) in [5.41, 5.74) is 7.83. The highest BCUT2D eigenvalue weighted by Gasteiger charge is 2.22. The summed E-state index contributed by atoms with van der Waals surface area (Å²) in [5.74, 6) is 1.44. The summed E-state index contributed by atoms with van der Waals surface area (Å²) in [6.45, 7) is 7.68. The van der Waals surface area contributed by atoms with Crippen LogP contribution in [0.3, 0.4) is 0 Å². The van der Waals surface area contributed by atoms with Crippen molar-refractivity contribution in [1.29, 1.82) is 0 Å². The van der Waals surface area contributed by atoms with Gasteiger partial charge in [-0.15, -0.1) is 0 Å². The number of rotatable bonds is 9. The largest absolute Gasteiger partial charge is 0.493 e. The van der Waals surface area contributed by atoms with Gasteiger partial charge in [-0.25, -0.2) is 0 Å². The van der Waals surface area contributed by atoms with E-state index in [1.807, 2.05) is 6.07 Å². The van der Waals surface area contributed by atoms with E-state index in [1.165, 1.54) is 5.56 Å². The number of hydrogen-bond donors (Lipinski definition) is 2. The van der Waals surface area contributed by atoms with Crippen LogP contribution in [0.2, 0.25) is 0 Å². The van der Waals surface area contributed by atoms with E-state index in [4.69, 9.17) is 19.6 Å². The third-order valence-corrected chi connectivity index (χ3v) is 5.72. The number of nitrogens with two attached hydrogens (primary N) is 1. The molecule has 1 aromatic heterocycles. The number of anilines is 1. The van der Waals surface area contributed by atoms with E-state index in [0.29, 0.717) is 29.6 Å². The van der Waals surface area contributed by atoms with Gasteiger partial charge in [0.15, 0.2) is 17.1 Å². The molecular formula is C25H31N4O4. The van der Waals surface area contributed by atoms with Gasteiger partial charge in [-0.3, -0.25) is 9.69 Å². The summed E-state index contributed by atoms with van der Waals surface area (Å²) in [6.07, 6.45) is 1.92. The molecule has 2 aromatic carbocycles. The number of primary amides is 1. The van der Waals surface area contributed by atoms with Gasteiger partial charge in [0.25, 0.3) is 11.9 Å². The van der Waals surface area contributed by atoms with Crippen LogP contribution in [-0.4, -0.2) is 48.6 Å². The van der Waals surface area contributed by atoms with E-state index >= 15 is 0 Å². The van der Waals surface area contributed by atoms with Gasteiger partial charge in [0.2, 0.25) is 0 Å². The van der Waals surface area contributed by atoms with Crippen LogP contribution in [0, 0.1) is 12.0 Å². The second kappa shape index (κ2) is 10.1. The molecule has 3 N–H and O–H groups in total. The number of likely N-dealkylation sites (tertiary alicyclic amines) is 1. The van der Waals surface area contributed by atoms with E-state index in [9.17, 15) is 4.79 Å². The molecule has 33 heavy (non-hydrogen) atoms. The van der Waals surface area contributed by atoms with E-state index in [1.54, 1.807) is 19.2 Å². The number of aromatic nitrogens is 1. The summed E-state index contributed by atoms with van der Waals surface area (Å²) in [7, 11) is 1.67. The number of benzene rings is 2. The van der Waals surface area contributed by atoms with Gasteiger partial charge >= 0.3 is 0 Å². The maximum atomic E-state index is 11.6. The van der Waals surface area contributed by atoms with Gasteiger partial charge in [-0.1, -0.05) is 19.9 Å². The number of carbonyl (C=O) groups is 1. The van der Waals surface area contributed by atoms with Crippen molar-refractivity contribution in [3.63, 3.8) is 0 Å². The number of nitrogens with one attached hydrogen (secondary N) is 1. The molecule has 8 nitrogen and oxygen atoms in total. The van der Waals surface area contributed by atoms with Crippen molar-refractivity contribution in [1.82, 2.24) is 9.88 Å². The molecule has 0 saturated carbocycles. The van der Waals surface area contributed by atoms with Gasteiger partial charge in [-0.2, -0.15) is 4.98 Å². The number of piperidine rings is 1. The lowest BCUT2D eigenvalue weighted by molar-refractivity contribution is 0.100. The normalized spacial score (nSPS) is 15.2.